The fourth-order valence-electron chi connectivity index (χ4n) is 3.73. The number of nitrogens with zero attached hydrogens (tertiary/aromatic N) is 3. The predicted molar refractivity (Wildman–Crippen MR) is 101 cm³/mol. The Morgan fingerprint density at radius 2 is 2.16 bits per heavy atom. The summed E-state index contributed by atoms with van der Waals surface area (Å²) in [7, 11) is 3.91. The number of benzene rings is 1. The summed E-state index contributed by atoms with van der Waals surface area (Å²) >= 11 is 0. The van der Waals surface area contributed by atoms with Gasteiger partial charge in [-0.15, -0.1) is 0 Å². The Hall–Kier alpha value is -1.85. The van der Waals surface area contributed by atoms with Crippen molar-refractivity contribution in [2.24, 2.45) is 5.92 Å². The van der Waals surface area contributed by atoms with Gasteiger partial charge < -0.3 is 14.6 Å². The van der Waals surface area contributed by atoms with Crippen LogP contribution in [0.15, 0.2) is 36.7 Å². The minimum Gasteiger partial charge on any atom is -0.497 e. The van der Waals surface area contributed by atoms with E-state index in [1.54, 1.807) is 7.11 Å². The van der Waals surface area contributed by atoms with Gasteiger partial charge >= 0.3 is 0 Å². The molecule has 0 aliphatic carbocycles. The Bertz CT molecular complexity index is 611. The lowest BCUT2D eigenvalue weighted by Gasteiger charge is -2.34. The average molecular weight is 342 g/mol. The van der Waals surface area contributed by atoms with Crippen molar-refractivity contribution in [2.45, 2.75) is 25.8 Å². The second-order valence-corrected chi connectivity index (χ2v) is 7.14. The Labute approximate surface area is 151 Å². The second-order valence-electron chi connectivity index (χ2n) is 7.14. The lowest BCUT2D eigenvalue weighted by Crippen LogP contribution is -2.40. The normalized spacial score (nSPS) is 18.6. The number of methoxy groups -OCH3 is 1. The molecule has 5 heteroatoms. The summed E-state index contributed by atoms with van der Waals surface area (Å²) < 4.78 is 5.23. The molecule has 0 saturated carbocycles. The highest BCUT2D eigenvalue weighted by atomic mass is 16.5. The number of aromatic amines is 1. The quantitative estimate of drug-likeness (QED) is 0.801. The number of nitrogens with one attached hydrogen (secondary N) is 1. The van der Waals surface area contributed by atoms with Gasteiger partial charge in [0.1, 0.15) is 11.6 Å². The number of rotatable bonds is 8. The van der Waals surface area contributed by atoms with Crippen LogP contribution in [-0.4, -0.2) is 60.1 Å². The highest BCUT2D eigenvalue weighted by Gasteiger charge is 2.21. The highest BCUT2D eigenvalue weighted by molar-refractivity contribution is 5.27. The molecule has 1 atom stereocenters. The molecule has 1 aliphatic rings. The molecule has 0 radical (unpaired) electrons. The molecule has 2 aromatic rings. The van der Waals surface area contributed by atoms with Crippen LogP contribution >= 0.6 is 0 Å². The van der Waals surface area contributed by atoms with Crippen molar-refractivity contribution in [3.05, 3.63) is 48.0 Å². The number of piperidine rings is 1. The summed E-state index contributed by atoms with van der Waals surface area (Å²) in [5.74, 6) is 2.74. The zero-order chi connectivity index (χ0) is 17.5. The van der Waals surface area contributed by atoms with Gasteiger partial charge in [-0.3, -0.25) is 4.90 Å². The molecule has 0 spiro atoms. The molecule has 5 nitrogen and oxygen atoms in total. The molecule has 1 N–H and O–H groups in total. The van der Waals surface area contributed by atoms with E-state index in [2.05, 4.69) is 51.1 Å². The summed E-state index contributed by atoms with van der Waals surface area (Å²) in [6.45, 7) is 5.62. The van der Waals surface area contributed by atoms with Gasteiger partial charge in [0.05, 0.1) is 13.7 Å². The maximum absolute atomic E-state index is 5.23. The number of ether oxygens (including phenoxy) is 1. The Balaban J connectivity index is 1.42. The molecule has 25 heavy (non-hydrogen) atoms. The number of H-pyrrole nitrogens is 1. The van der Waals surface area contributed by atoms with Gasteiger partial charge in [0.2, 0.25) is 0 Å². The molecular weight excluding hydrogens is 312 g/mol. The number of likely N-dealkylation sites (tertiary alicyclic amines) is 1. The third-order valence-corrected chi connectivity index (χ3v) is 5.02. The minimum absolute atomic E-state index is 0.754. The second kappa shape index (κ2) is 9.02. The van der Waals surface area contributed by atoms with Crippen LogP contribution in [0.5, 0.6) is 5.75 Å². The topological polar surface area (TPSA) is 44.4 Å². The first-order chi connectivity index (χ1) is 12.2. The van der Waals surface area contributed by atoms with E-state index < -0.39 is 0 Å². The largest absolute Gasteiger partial charge is 0.497 e. The van der Waals surface area contributed by atoms with Gasteiger partial charge in [-0.2, -0.15) is 0 Å². The molecule has 136 valence electrons. The Kier molecular flexibility index (Phi) is 6.48. The summed E-state index contributed by atoms with van der Waals surface area (Å²) in [5.41, 5.74) is 1.39. The molecule has 3 rings (SSSR count). The molecule has 2 heterocycles. The third-order valence-electron chi connectivity index (χ3n) is 5.02. The number of hydrogen-bond acceptors (Lipinski definition) is 4. The monoisotopic (exact) mass is 342 g/mol. The van der Waals surface area contributed by atoms with Crippen LogP contribution < -0.4 is 4.74 Å². The average Bonchev–Trinajstić information content (AvgIpc) is 3.13. The van der Waals surface area contributed by atoms with E-state index in [1.807, 2.05) is 12.4 Å². The SMILES string of the molecule is COc1ccc(CCN2CCCC(CN(C)Cc3ncc[nH]3)C2)cc1. The van der Waals surface area contributed by atoms with E-state index in [9.17, 15) is 0 Å². The van der Waals surface area contributed by atoms with E-state index in [1.165, 1.54) is 31.5 Å². The van der Waals surface area contributed by atoms with E-state index in [4.69, 9.17) is 4.74 Å². The zero-order valence-corrected chi connectivity index (χ0v) is 15.4. The molecule has 1 aromatic carbocycles. The molecule has 1 aromatic heterocycles. The van der Waals surface area contributed by atoms with Crippen LogP contribution in [-0.2, 0) is 13.0 Å². The van der Waals surface area contributed by atoms with Gasteiger partial charge in [-0.1, -0.05) is 12.1 Å². The van der Waals surface area contributed by atoms with Crippen LogP contribution in [0, 0.1) is 5.92 Å². The van der Waals surface area contributed by atoms with Crippen molar-refractivity contribution in [1.82, 2.24) is 19.8 Å². The lowest BCUT2D eigenvalue weighted by atomic mass is 9.97. The van der Waals surface area contributed by atoms with Gasteiger partial charge in [0, 0.05) is 32.0 Å². The summed E-state index contributed by atoms with van der Waals surface area (Å²) in [6, 6.07) is 8.46. The molecule has 0 amide bonds. The lowest BCUT2D eigenvalue weighted by molar-refractivity contribution is 0.141. The first-order valence-corrected chi connectivity index (χ1v) is 9.25. The molecule has 1 saturated heterocycles. The third kappa shape index (κ3) is 5.58. The fourth-order valence-corrected chi connectivity index (χ4v) is 3.73. The van der Waals surface area contributed by atoms with Crippen molar-refractivity contribution in [3.8, 4) is 5.75 Å². The minimum atomic E-state index is 0.754. The van der Waals surface area contributed by atoms with Crippen LogP contribution in [0.3, 0.4) is 0 Å². The smallest absolute Gasteiger partial charge is 0.120 e. The molecule has 0 bridgehead atoms. The number of imidazole rings is 1. The van der Waals surface area contributed by atoms with Gasteiger partial charge in [0.15, 0.2) is 0 Å². The first-order valence-electron chi connectivity index (χ1n) is 9.25. The molecule has 1 fully saturated rings. The van der Waals surface area contributed by atoms with E-state index in [-0.39, 0.29) is 0 Å². The van der Waals surface area contributed by atoms with Crippen molar-refractivity contribution < 1.29 is 4.74 Å². The van der Waals surface area contributed by atoms with Gasteiger partial charge in [-0.05, 0) is 56.5 Å². The van der Waals surface area contributed by atoms with Gasteiger partial charge in [0.25, 0.3) is 0 Å². The molecule has 1 unspecified atom stereocenters. The molecule has 1 aliphatic heterocycles. The Morgan fingerprint density at radius 3 is 2.88 bits per heavy atom. The summed E-state index contributed by atoms with van der Waals surface area (Å²) in [6.07, 6.45) is 7.47. The predicted octanol–water partition coefficient (Wildman–Crippen LogP) is 2.80. The van der Waals surface area contributed by atoms with E-state index in [0.717, 1.165) is 43.5 Å². The van der Waals surface area contributed by atoms with Crippen LogP contribution in [0.25, 0.3) is 0 Å². The number of aromatic nitrogens is 2. The maximum atomic E-state index is 5.23. The van der Waals surface area contributed by atoms with Crippen molar-refractivity contribution in [2.75, 3.05) is 40.3 Å². The van der Waals surface area contributed by atoms with Crippen LogP contribution in [0.1, 0.15) is 24.2 Å². The van der Waals surface area contributed by atoms with E-state index >= 15 is 0 Å². The first kappa shape index (κ1) is 18.0. The van der Waals surface area contributed by atoms with Crippen molar-refractivity contribution >= 4 is 0 Å². The Morgan fingerprint density at radius 1 is 1.32 bits per heavy atom. The van der Waals surface area contributed by atoms with Crippen molar-refractivity contribution in [3.63, 3.8) is 0 Å². The van der Waals surface area contributed by atoms with E-state index in [0.29, 0.717) is 0 Å². The highest BCUT2D eigenvalue weighted by Crippen LogP contribution is 2.19. The standard InChI is InChI=1S/C20H30N4O/c1-23(16-20-21-10-11-22-20)14-18-4-3-12-24(15-18)13-9-17-5-7-19(25-2)8-6-17/h5-8,10-11,18H,3-4,9,12-16H2,1-2H3,(H,21,22). The van der Waals surface area contributed by atoms with Crippen molar-refractivity contribution in [1.29, 1.82) is 0 Å². The van der Waals surface area contributed by atoms with Gasteiger partial charge in [-0.25, -0.2) is 4.98 Å². The number of hydrogen-bond donors (Lipinski definition) is 1. The fraction of sp³-hybridized carbons (Fsp3) is 0.550. The van der Waals surface area contributed by atoms with Crippen LogP contribution in [0.4, 0.5) is 0 Å². The molecular formula is C20H30N4O. The summed E-state index contributed by atoms with van der Waals surface area (Å²) in [5, 5.41) is 0. The zero-order valence-electron chi connectivity index (χ0n) is 15.4. The summed E-state index contributed by atoms with van der Waals surface area (Å²) in [4.78, 5) is 12.5. The maximum Gasteiger partial charge on any atom is 0.120 e. The van der Waals surface area contributed by atoms with Crippen LogP contribution in [0.2, 0.25) is 0 Å².